The molecule has 8 nitrogen and oxygen atoms in total. The molecule has 1 atom stereocenters. The summed E-state index contributed by atoms with van der Waals surface area (Å²) in [6.45, 7) is 3.26. The summed E-state index contributed by atoms with van der Waals surface area (Å²) in [6, 6.07) is 9.11. The van der Waals surface area contributed by atoms with Crippen LogP contribution in [0.3, 0.4) is 0 Å². The van der Waals surface area contributed by atoms with Crippen LogP contribution in [0.5, 0.6) is 28.7 Å². The smallest absolute Gasteiger partial charge is 0.318 e. The molecule has 2 aromatic carbocycles. The average Bonchev–Trinajstić information content (AvgIpc) is 3.31. The zero-order chi connectivity index (χ0) is 22.7. The van der Waals surface area contributed by atoms with E-state index in [0.717, 1.165) is 22.4 Å². The van der Waals surface area contributed by atoms with E-state index in [-0.39, 0.29) is 18.9 Å². The number of fused-ring (bicyclic) bond motifs is 1. The highest BCUT2D eigenvalue weighted by Gasteiger charge is 2.24. The maximum Gasteiger partial charge on any atom is 0.318 e. The lowest BCUT2D eigenvalue weighted by Crippen LogP contribution is -2.43. The molecule has 0 aromatic heterocycles. The van der Waals surface area contributed by atoms with Crippen LogP contribution in [0, 0.1) is 0 Å². The summed E-state index contributed by atoms with van der Waals surface area (Å²) >= 11 is 0. The molecule has 0 saturated carbocycles. The van der Waals surface area contributed by atoms with Crippen LogP contribution in [-0.2, 0) is 0 Å². The molecule has 0 aliphatic carbocycles. The average molecular weight is 440 g/mol. The monoisotopic (exact) mass is 440 g/mol. The predicted molar refractivity (Wildman–Crippen MR) is 120 cm³/mol. The number of ether oxygens (including phenoxy) is 5. The maximum atomic E-state index is 12.9. The molecular weight excluding hydrogens is 412 g/mol. The first-order valence-electron chi connectivity index (χ1n) is 10.5. The minimum absolute atomic E-state index is 0.112. The molecule has 0 unspecified atom stereocenters. The number of carbonyl (C=O) groups is 1. The Morgan fingerprint density at radius 2 is 1.75 bits per heavy atom. The van der Waals surface area contributed by atoms with Crippen molar-refractivity contribution in [1.82, 2.24) is 10.2 Å². The summed E-state index contributed by atoms with van der Waals surface area (Å²) in [6.07, 6.45) is 2.73. The molecule has 8 heteroatoms. The second-order valence-electron chi connectivity index (χ2n) is 7.62. The Kier molecular flexibility index (Phi) is 6.30. The lowest BCUT2D eigenvalue weighted by Gasteiger charge is -2.29. The predicted octanol–water partition coefficient (Wildman–Crippen LogP) is 4.00. The molecule has 0 bridgehead atoms. The van der Waals surface area contributed by atoms with Gasteiger partial charge in [-0.05, 0) is 36.6 Å². The number of hydrogen-bond donors (Lipinski definition) is 1. The van der Waals surface area contributed by atoms with Gasteiger partial charge in [0.1, 0.15) is 17.2 Å². The SMILES string of the molecule is COc1cc(OC)c(C2=CCN(C(=O)N[C@@H](C)c3ccc4c(c3)OCO4)CC2)c(OC)c1. The van der Waals surface area contributed by atoms with Crippen LogP contribution < -0.4 is 29.0 Å². The van der Waals surface area contributed by atoms with E-state index in [1.54, 1.807) is 26.2 Å². The molecule has 2 aliphatic heterocycles. The van der Waals surface area contributed by atoms with Crippen molar-refractivity contribution in [3.05, 3.63) is 47.5 Å². The third kappa shape index (κ3) is 4.26. The topological polar surface area (TPSA) is 78.5 Å². The first-order chi connectivity index (χ1) is 15.5. The fourth-order valence-electron chi connectivity index (χ4n) is 3.95. The third-order valence-electron chi connectivity index (χ3n) is 5.77. The van der Waals surface area contributed by atoms with E-state index in [9.17, 15) is 4.79 Å². The number of nitrogens with zero attached hydrogens (tertiary/aromatic N) is 1. The zero-order valence-electron chi connectivity index (χ0n) is 18.8. The molecule has 32 heavy (non-hydrogen) atoms. The second-order valence-corrected chi connectivity index (χ2v) is 7.62. The van der Waals surface area contributed by atoms with Gasteiger partial charge in [0.2, 0.25) is 6.79 Å². The van der Waals surface area contributed by atoms with E-state index >= 15 is 0 Å². The Balaban J connectivity index is 1.45. The van der Waals surface area contributed by atoms with Gasteiger partial charge in [-0.1, -0.05) is 12.1 Å². The molecule has 4 rings (SSSR count). The largest absolute Gasteiger partial charge is 0.496 e. The summed E-state index contributed by atoms with van der Waals surface area (Å²) in [7, 11) is 4.85. The first kappa shape index (κ1) is 21.7. The summed E-state index contributed by atoms with van der Waals surface area (Å²) in [5.74, 6) is 3.46. The fourth-order valence-corrected chi connectivity index (χ4v) is 3.95. The molecule has 2 amide bonds. The minimum atomic E-state index is -0.163. The van der Waals surface area contributed by atoms with Gasteiger partial charge in [-0.25, -0.2) is 4.79 Å². The van der Waals surface area contributed by atoms with Crippen molar-refractivity contribution in [1.29, 1.82) is 0 Å². The summed E-state index contributed by atoms with van der Waals surface area (Å²) in [5.41, 5.74) is 2.93. The number of urea groups is 1. The second kappa shape index (κ2) is 9.30. The summed E-state index contributed by atoms with van der Waals surface area (Å²) < 4.78 is 27.3. The van der Waals surface area contributed by atoms with Gasteiger partial charge < -0.3 is 33.9 Å². The number of carbonyl (C=O) groups excluding carboxylic acids is 1. The van der Waals surface area contributed by atoms with Gasteiger partial charge in [0.15, 0.2) is 11.5 Å². The van der Waals surface area contributed by atoms with Crippen LogP contribution in [-0.4, -0.2) is 52.1 Å². The first-order valence-corrected chi connectivity index (χ1v) is 10.5. The van der Waals surface area contributed by atoms with E-state index in [4.69, 9.17) is 23.7 Å². The van der Waals surface area contributed by atoms with Crippen LogP contribution in [0.15, 0.2) is 36.4 Å². The van der Waals surface area contributed by atoms with Crippen LogP contribution in [0.25, 0.3) is 5.57 Å². The molecule has 0 fully saturated rings. The van der Waals surface area contributed by atoms with Crippen molar-refractivity contribution in [3.63, 3.8) is 0 Å². The highest BCUT2D eigenvalue weighted by molar-refractivity contribution is 5.80. The van der Waals surface area contributed by atoms with E-state index in [1.807, 2.05) is 43.3 Å². The van der Waals surface area contributed by atoms with Crippen molar-refractivity contribution in [2.75, 3.05) is 41.2 Å². The summed E-state index contributed by atoms with van der Waals surface area (Å²) in [4.78, 5) is 14.6. The van der Waals surface area contributed by atoms with Gasteiger partial charge in [0, 0.05) is 25.2 Å². The van der Waals surface area contributed by atoms with Crippen molar-refractivity contribution in [3.8, 4) is 28.7 Å². The molecule has 2 aliphatic rings. The molecule has 170 valence electrons. The molecular formula is C24H28N2O6. The Labute approximate surface area is 187 Å². The molecule has 1 N–H and O–H groups in total. The van der Waals surface area contributed by atoms with Gasteiger partial charge in [-0.2, -0.15) is 0 Å². The number of nitrogens with one attached hydrogen (secondary N) is 1. The third-order valence-corrected chi connectivity index (χ3v) is 5.77. The van der Waals surface area contributed by atoms with Gasteiger partial charge in [-0.15, -0.1) is 0 Å². The van der Waals surface area contributed by atoms with Crippen molar-refractivity contribution in [2.24, 2.45) is 0 Å². The normalized spacial score (nSPS) is 15.6. The number of amides is 2. The molecule has 0 spiro atoms. The highest BCUT2D eigenvalue weighted by Crippen LogP contribution is 2.41. The number of hydrogen-bond acceptors (Lipinski definition) is 6. The number of rotatable bonds is 6. The van der Waals surface area contributed by atoms with Crippen LogP contribution in [0.4, 0.5) is 4.79 Å². The van der Waals surface area contributed by atoms with Gasteiger partial charge in [0.05, 0.1) is 32.9 Å². The van der Waals surface area contributed by atoms with Gasteiger partial charge >= 0.3 is 6.03 Å². The van der Waals surface area contributed by atoms with E-state index < -0.39 is 0 Å². The Morgan fingerprint density at radius 3 is 2.38 bits per heavy atom. The van der Waals surface area contributed by atoms with E-state index in [1.165, 1.54) is 0 Å². The molecule has 2 heterocycles. The Bertz CT molecular complexity index is 1010. The summed E-state index contributed by atoms with van der Waals surface area (Å²) in [5, 5.41) is 3.07. The highest BCUT2D eigenvalue weighted by atomic mass is 16.7. The quantitative estimate of drug-likeness (QED) is 0.732. The van der Waals surface area contributed by atoms with Gasteiger partial charge in [-0.3, -0.25) is 0 Å². The van der Waals surface area contributed by atoms with Gasteiger partial charge in [0.25, 0.3) is 0 Å². The maximum absolute atomic E-state index is 12.9. The van der Waals surface area contributed by atoms with Crippen LogP contribution >= 0.6 is 0 Å². The van der Waals surface area contributed by atoms with E-state index in [2.05, 4.69) is 5.32 Å². The Hall–Kier alpha value is -3.55. The standard InChI is InChI=1S/C24H28N2O6/c1-15(17-5-6-19-20(11-17)32-14-31-19)25-24(27)26-9-7-16(8-10-26)23-21(29-3)12-18(28-2)13-22(23)30-4/h5-7,11-13,15H,8-10,14H2,1-4H3,(H,25,27)/t15-/m0/s1. The number of benzene rings is 2. The minimum Gasteiger partial charge on any atom is -0.496 e. The van der Waals surface area contributed by atoms with E-state index in [0.29, 0.717) is 42.5 Å². The number of methoxy groups -OCH3 is 3. The van der Waals surface area contributed by atoms with Crippen molar-refractivity contribution in [2.45, 2.75) is 19.4 Å². The molecule has 0 saturated heterocycles. The molecule has 0 radical (unpaired) electrons. The van der Waals surface area contributed by atoms with Crippen LogP contribution in [0.2, 0.25) is 0 Å². The Morgan fingerprint density at radius 1 is 1.03 bits per heavy atom. The lowest BCUT2D eigenvalue weighted by molar-refractivity contribution is 0.174. The van der Waals surface area contributed by atoms with Crippen LogP contribution in [0.1, 0.15) is 30.5 Å². The fraction of sp³-hybridized carbons (Fsp3) is 0.375. The van der Waals surface area contributed by atoms with Crippen molar-refractivity contribution < 1.29 is 28.5 Å². The molecule has 2 aromatic rings. The lowest BCUT2D eigenvalue weighted by atomic mass is 9.97. The zero-order valence-corrected chi connectivity index (χ0v) is 18.8. The van der Waals surface area contributed by atoms with Crippen molar-refractivity contribution >= 4 is 11.6 Å².